The molecule has 1 aromatic heterocycles. The Morgan fingerprint density at radius 3 is 2.81 bits per heavy atom. The number of rotatable bonds is 6. The Kier molecular flexibility index (Phi) is 5.14. The first kappa shape index (κ1) is 17.3. The highest BCUT2D eigenvalue weighted by atomic mass is 16.5. The molecule has 0 atom stereocenters. The number of nitrogens with one attached hydrogen (secondary N) is 1. The van der Waals surface area contributed by atoms with Gasteiger partial charge in [0.15, 0.2) is 0 Å². The van der Waals surface area contributed by atoms with E-state index in [4.69, 9.17) is 4.74 Å². The lowest BCUT2D eigenvalue weighted by atomic mass is 10.1. The molecule has 6 heteroatoms. The number of amides is 1. The summed E-state index contributed by atoms with van der Waals surface area (Å²) in [4.78, 5) is 16.8. The highest BCUT2D eigenvalue weighted by Crippen LogP contribution is 2.27. The number of anilines is 1. The molecule has 1 aliphatic carbocycles. The van der Waals surface area contributed by atoms with E-state index in [9.17, 15) is 4.79 Å². The van der Waals surface area contributed by atoms with Crippen LogP contribution in [0.2, 0.25) is 0 Å². The molecular weight excluding hydrogens is 340 g/mol. The monoisotopic (exact) mass is 362 g/mol. The molecule has 2 aromatic carbocycles. The summed E-state index contributed by atoms with van der Waals surface area (Å²) in [6, 6.07) is 15.2. The minimum Gasteiger partial charge on any atom is -0.490 e. The summed E-state index contributed by atoms with van der Waals surface area (Å²) >= 11 is 0. The van der Waals surface area contributed by atoms with Gasteiger partial charge in [0.1, 0.15) is 18.4 Å². The minimum atomic E-state index is -0.165. The maximum absolute atomic E-state index is 12.8. The normalized spacial score (nSPS) is 14.2. The van der Waals surface area contributed by atoms with Gasteiger partial charge in [0.05, 0.1) is 18.2 Å². The quantitative estimate of drug-likeness (QED) is 0.722. The van der Waals surface area contributed by atoms with Gasteiger partial charge in [0.25, 0.3) is 5.91 Å². The van der Waals surface area contributed by atoms with Crippen molar-refractivity contribution >= 4 is 11.6 Å². The third-order valence-corrected chi connectivity index (χ3v) is 4.72. The molecule has 138 valence electrons. The highest BCUT2D eigenvalue weighted by molar-refractivity contribution is 6.06. The van der Waals surface area contributed by atoms with Gasteiger partial charge >= 0.3 is 0 Å². The molecule has 3 aromatic rings. The van der Waals surface area contributed by atoms with Gasteiger partial charge < -0.3 is 10.1 Å². The van der Waals surface area contributed by atoms with Gasteiger partial charge in [-0.05, 0) is 55.5 Å². The lowest BCUT2D eigenvalue weighted by Gasteiger charge is -2.16. The lowest BCUT2D eigenvalue weighted by molar-refractivity contribution is 0.101. The SMILES string of the molecule is O=C(Nc1cccc(Cn2cncn2)c1)c1ccccc1OC1CCCC1. The Balaban J connectivity index is 1.47. The van der Waals surface area contributed by atoms with Crippen LogP contribution in [0.4, 0.5) is 5.69 Å². The van der Waals surface area contributed by atoms with Crippen molar-refractivity contribution in [2.24, 2.45) is 0 Å². The molecule has 1 heterocycles. The van der Waals surface area contributed by atoms with Crippen LogP contribution in [0.15, 0.2) is 61.2 Å². The van der Waals surface area contributed by atoms with E-state index in [0.29, 0.717) is 17.9 Å². The van der Waals surface area contributed by atoms with Crippen LogP contribution in [0.25, 0.3) is 0 Å². The number of carbonyl (C=O) groups excluding carboxylic acids is 1. The predicted molar refractivity (Wildman–Crippen MR) is 103 cm³/mol. The number of hydrogen-bond acceptors (Lipinski definition) is 4. The minimum absolute atomic E-state index is 0.165. The number of ether oxygens (including phenoxy) is 1. The van der Waals surface area contributed by atoms with Crippen molar-refractivity contribution in [2.45, 2.75) is 38.3 Å². The first-order chi connectivity index (χ1) is 13.3. The molecule has 27 heavy (non-hydrogen) atoms. The Bertz CT molecular complexity index is 902. The third-order valence-electron chi connectivity index (χ3n) is 4.72. The van der Waals surface area contributed by atoms with Crippen molar-refractivity contribution in [3.05, 3.63) is 72.3 Å². The van der Waals surface area contributed by atoms with E-state index < -0.39 is 0 Å². The Hall–Kier alpha value is -3.15. The van der Waals surface area contributed by atoms with Gasteiger partial charge in [-0.1, -0.05) is 24.3 Å². The van der Waals surface area contributed by atoms with E-state index in [2.05, 4.69) is 15.4 Å². The van der Waals surface area contributed by atoms with E-state index in [1.165, 1.54) is 19.2 Å². The van der Waals surface area contributed by atoms with Crippen molar-refractivity contribution in [2.75, 3.05) is 5.32 Å². The van der Waals surface area contributed by atoms with E-state index in [-0.39, 0.29) is 12.0 Å². The van der Waals surface area contributed by atoms with Gasteiger partial charge in [-0.2, -0.15) is 5.10 Å². The Morgan fingerprint density at radius 1 is 1.15 bits per heavy atom. The van der Waals surface area contributed by atoms with E-state index in [0.717, 1.165) is 24.1 Å². The number of nitrogens with zero attached hydrogens (tertiary/aromatic N) is 3. The Morgan fingerprint density at radius 2 is 2.00 bits per heavy atom. The topological polar surface area (TPSA) is 69.0 Å². The molecule has 0 bridgehead atoms. The van der Waals surface area contributed by atoms with Crippen LogP contribution in [-0.2, 0) is 6.54 Å². The summed E-state index contributed by atoms with van der Waals surface area (Å²) in [6.07, 6.45) is 7.88. The van der Waals surface area contributed by atoms with Gasteiger partial charge in [0.2, 0.25) is 0 Å². The van der Waals surface area contributed by atoms with Gasteiger partial charge in [0, 0.05) is 5.69 Å². The molecule has 1 N–H and O–H groups in total. The molecule has 4 rings (SSSR count). The molecule has 1 saturated carbocycles. The van der Waals surface area contributed by atoms with E-state index in [1.807, 2.05) is 42.5 Å². The summed E-state index contributed by atoms with van der Waals surface area (Å²) < 4.78 is 7.82. The molecule has 1 aliphatic rings. The number of benzene rings is 2. The summed E-state index contributed by atoms with van der Waals surface area (Å²) in [6.45, 7) is 0.602. The van der Waals surface area contributed by atoms with Crippen molar-refractivity contribution in [3.8, 4) is 5.75 Å². The summed E-state index contributed by atoms with van der Waals surface area (Å²) in [7, 11) is 0. The van der Waals surface area contributed by atoms with Gasteiger partial charge in [-0.25, -0.2) is 9.67 Å². The molecule has 0 saturated heterocycles. The molecule has 1 amide bonds. The van der Waals surface area contributed by atoms with Crippen LogP contribution in [0, 0.1) is 0 Å². The largest absolute Gasteiger partial charge is 0.490 e. The second kappa shape index (κ2) is 8.03. The summed E-state index contributed by atoms with van der Waals surface area (Å²) in [5, 5.41) is 7.09. The molecule has 1 fully saturated rings. The number of aromatic nitrogens is 3. The van der Waals surface area contributed by atoms with Crippen LogP contribution >= 0.6 is 0 Å². The van der Waals surface area contributed by atoms with Gasteiger partial charge in [-0.3, -0.25) is 4.79 Å². The van der Waals surface area contributed by atoms with Crippen molar-refractivity contribution in [1.82, 2.24) is 14.8 Å². The average molecular weight is 362 g/mol. The maximum atomic E-state index is 12.8. The van der Waals surface area contributed by atoms with Crippen LogP contribution in [0.5, 0.6) is 5.75 Å². The lowest BCUT2D eigenvalue weighted by Crippen LogP contribution is -2.17. The zero-order valence-corrected chi connectivity index (χ0v) is 15.0. The first-order valence-corrected chi connectivity index (χ1v) is 9.26. The second-order valence-electron chi connectivity index (χ2n) is 6.77. The zero-order chi connectivity index (χ0) is 18.5. The molecule has 0 radical (unpaired) electrons. The molecule has 0 aliphatic heterocycles. The highest BCUT2D eigenvalue weighted by Gasteiger charge is 2.20. The van der Waals surface area contributed by atoms with Crippen molar-refractivity contribution in [1.29, 1.82) is 0 Å². The Labute approximate surface area is 158 Å². The fourth-order valence-electron chi connectivity index (χ4n) is 3.39. The average Bonchev–Trinajstić information content (AvgIpc) is 3.37. The number of para-hydroxylation sites is 1. The molecule has 0 unspecified atom stereocenters. The zero-order valence-electron chi connectivity index (χ0n) is 15.0. The first-order valence-electron chi connectivity index (χ1n) is 9.26. The van der Waals surface area contributed by atoms with Crippen LogP contribution in [0.3, 0.4) is 0 Å². The molecular formula is C21H22N4O2. The fourth-order valence-corrected chi connectivity index (χ4v) is 3.39. The summed E-state index contributed by atoms with van der Waals surface area (Å²) in [5.41, 5.74) is 2.34. The van der Waals surface area contributed by atoms with Crippen LogP contribution in [0.1, 0.15) is 41.6 Å². The van der Waals surface area contributed by atoms with Gasteiger partial charge in [-0.15, -0.1) is 0 Å². The standard InChI is InChI=1S/C21H22N4O2/c26-21(19-10-3-4-11-20(19)27-18-8-1-2-9-18)24-17-7-5-6-16(12-17)13-25-15-22-14-23-25/h3-7,10-12,14-15,18H,1-2,8-9,13H2,(H,24,26). The maximum Gasteiger partial charge on any atom is 0.259 e. The fraction of sp³-hybridized carbons (Fsp3) is 0.286. The van der Waals surface area contributed by atoms with E-state index >= 15 is 0 Å². The smallest absolute Gasteiger partial charge is 0.259 e. The molecule has 0 spiro atoms. The van der Waals surface area contributed by atoms with Crippen molar-refractivity contribution in [3.63, 3.8) is 0 Å². The number of carbonyl (C=O) groups is 1. The third kappa shape index (κ3) is 4.34. The predicted octanol–water partition coefficient (Wildman–Crippen LogP) is 3.90. The van der Waals surface area contributed by atoms with Crippen LogP contribution in [-0.4, -0.2) is 26.8 Å². The summed E-state index contributed by atoms with van der Waals surface area (Å²) in [5.74, 6) is 0.488. The van der Waals surface area contributed by atoms with E-state index in [1.54, 1.807) is 17.1 Å². The van der Waals surface area contributed by atoms with Crippen LogP contribution < -0.4 is 10.1 Å². The number of hydrogen-bond donors (Lipinski definition) is 1. The second-order valence-corrected chi connectivity index (χ2v) is 6.77. The van der Waals surface area contributed by atoms with Crippen molar-refractivity contribution < 1.29 is 9.53 Å². The molecule has 6 nitrogen and oxygen atoms in total.